The van der Waals surface area contributed by atoms with Crippen LogP contribution in [0.25, 0.3) is 0 Å². The first-order valence-corrected chi connectivity index (χ1v) is 20.3. The Morgan fingerprint density at radius 1 is 0.697 bits per heavy atom. The summed E-state index contributed by atoms with van der Waals surface area (Å²) >= 11 is 4.74. The normalized spacial score (nSPS) is 16.7. The Morgan fingerprint density at radius 2 is 1.09 bits per heavy atom. The molecule has 1 aliphatic heterocycles. The molecule has 3 aromatic carbocycles. The van der Waals surface area contributed by atoms with Gasteiger partial charge in [-0.1, -0.05) is 107 Å². The van der Waals surface area contributed by atoms with Gasteiger partial charge in [0.1, 0.15) is 11.4 Å². The van der Waals surface area contributed by atoms with E-state index in [9.17, 15) is 0 Å². The summed E-state index contributed by atoms with van der Waals surface area (Å²) in [4.78, 5) is 0. The molecule has 0 aromatic heterocycles. The zero-order chi connectivity index (χ0) is 25.3. The molecule has 0 radical (unpaired) electrons. The van der Waals surface area contributed by atoms with Crippen molar-refractivity contribution in [2.45, 2.75) is 59.0 Å². The molecule has 2 nitrogen and oxygen atoms in total. The van der Waals surface area contributed by atoms with Crippen molar-refractivity contribution in [3.63, 3.8) is 0 Å². The molecule has 1 aliphatic rings. The van der Waals surface area contributed by atoms with Gasteiger partial charge in [0.2, 0.25) is 0 Å². The summed E-state index contributed by atoms with van der Waals surface area (Å²) in [6.07, 6.45) is 0. The summed E-state index contributed by atoms with van der Waals surface area (Å²) in [5.74, 6) is 1.55. The number of ether oxygens (including phenoxy) is 1. The predicted octanol–water partition coefficient (Wildman–Crippen LogP) is 9.20. The van der Waals surface area contributed by atoms with Gasteiger partial charge in [0.15, 0.2) is 0 Å². The van der Waals surface area contributed by atoms with Crippen LogP contribution in [0.4, 0.5) is 0 Å². The second-order valence-electron chi connectivity index (χ2n) is 7.08. The van der Waals surface area contributed by atoms with E-state index in [1.54, 1.807) is 0 Å². The zero-order valence-electron chi connectivity index (χ0n) is 20.8. The van der Waals surface area contributed by atoms with Crippen molar-refractivity contribution < 1.29 is 19.3 Å². The molecule has 0 bridgehead atoms. The fourth-order valence-corrected chi connectivity index (χ4v) is 4.04. The van der Waals surface area contributed by atoms with Crippen molar-refractivity contribution in [1.82, 2.24) is 0 Å². The molecule has 1 heterocycles. The summed E-state index contributed by atoms with van der Waals surface area (Å²) in [5, 5.41) is 7.00. The maximum absolute atomic E-state index is 7.00. The van der Waals surface area contributed by atoms with Gasteiger partial charge in [0, 0.05) is 24.5 Å². The molecule has 1 N–H and O–H groups in total. The number of hydrogen-bond donors (Lipinski definition) is 1. The Balaban J connectivity index is 0.00000101. The van der Waals surface area contributed by atoms with Gasteiger partial charge >= 0.3 is 49.4 Å². The summed E-state index contributed by atoms with van der Waals surface area (Å²) in [5.41, 5.74) is 3.66. The summed E-state index contributed by atoms with van der Waals surface area (Å²) < 4.78 is 6.44. The van der Waals surface area contributed by atoms with Crippen LogP contribution in [0.2, 0.25) is 0 Å². The molecule has 5 heteroatoms. The first-order valence-electron chi connectivity index (χ1n) is 11.3. The van der Waals surface area contributed by atoms with E-state index < -0.39 is 0 Å². The number of benzene rings is 3. The van der Waals surface area contributed by atoms with Crippen LogP contribution in [-0.2, 0) is 9.47 Å². The Labute approximate surface area is 230 Å². The third kappa shape index (κ3) is 9.56. The minimum atomic E-state index is -0.282. The average molecular weight is 711 g/mol. The Hall–Kier alpha value is -0.536. The summed E-state index contributed by atoms with van der Waals surface area (Å²) in [6.45, 7) is 12.4. The number of aliphatic hydroxyl groups is 1. The van der Waals surface area contributed by atoms with Crippen LogP contribution in [0.3, 0.4) is 0 Å². The average Bonchev–Trinajstić information content (AvgIpc) is 2.88. The third-order valence-electron chi connectivity index (χ3n) is 5.03. The zero-order valence-corrected chi connectivity index (χ0v) is 26.5. The molecule has 2 atom stereocenters. The van der Waals surface area contributed by atoms with E-state index in [4.69, 9.17) is 9.84 Å². The summed E-state index contributed by atoms with van der Waals surface area (Å²) in [6, 6.07) is 30.0. The maximum atomic E-state index is 7.00. The molecule has 181 valence electrons. The Kier molecular flexibility index (Phi) is 18.4. The van der Waals surface area contributed by atoms with Gasteiger partial charge in [0.25, 0.3) is 0 Å². The molecule has 0 aliphatic carbocycles. The standard InChI is InChI=1S/C23H22O.2C2H6.CH4O.2HI.V/c1-23(2)22(18-13-7-4-8-14-18)21(17-11-5-3-6-12-17)19-15-9-10-16-20(19)24-23;3*1-2;;;/h3-16,21-22H,1-2H3;2*1-2H3;2H,1H3;2*1H;/q;;;;;;+2/p-2/t21-,22-;;;;;;/m0....../s1. The van der Waals surface area contributed by atoms with E-state index in [1.807, 2.05) is 27.7 Å². The van der Waals surface area contributed by atoms with Crippen LogP contribution in [0.5, 0.6) is 5.75 Å². The molecule has 0 amide bonds. The minimum absolute atomic E-state index is 0.260. The van der Waals surface area contributed by atoms with Gasteiger partial charge < -0.3 is 9.84 Å². The molecule has 3 aromatic rings. The molecule has 4 rings (SSSR count). The Bertz CT molecular complexity index is 858. The molecule has 33 heavy (non-hydrogen) atoms. The van der Waals surface area contributed by atoms with E-state index >= 15 is 0 Å². The van der Waals surface area contributed by atoms with Crippen LogP contribution in [-0.4, -0.2) is 17.8 Å². The first-order chi connectivity index (χ1) is 16.1. The molecular formula is C28H38I2O2V. The van der Waals surface area contributed by atoms with E-state index in [0.29, 0.717) is 9.47 Å². The van der Waals surface area contributed by atoms with Crippen LogP contribution in [0, 0.1) is 0 Å². The van der Waals surface area contributed by atoms with E-state index in [2.05, 4.69) is 139 Å². The number of hydrogen-bond acceptors (Lipinski definition) is 2. The van der Waals surface area contributed by atoms with Gasteiger partial charge in [0.05, 0.1) is 0 Å². The first kappa shape index (κ1) is 32.5. The number of fused-ring (bicyclic) bond motifs is 1. The molecule has 0 saturated heterocycles. The van der Waals surface area contributed by atoms with Crippen LogP contribution in [0.1, 0.15) is 70.1 Å². The van der Waals surface area contributed by atoms with Crippen LogP contribution >= 0.6 is 40.0 Å². The number of halogens is 2. The topological polar surface area (TPSA) is 29.5 Å². The summed E-state index contributed by atoms with van der Waals surface area (Å²) in [7, 11) is 1.63. The van der Waals surface area contributed by atoms with Gasteiger partial charge in [-0.2, -0.15) is 0 Å². The van der Waals surface area contributed by atoms with Crippen LogP contribution in [0.15, 0.2) is 84.9 Å². The van der Waals surface area contributed by atoms with Gasteiger partial charge in [-0.05, 0) is 31.0 Å². The quantitative estimate of drug-likeness (QED) is 0.269. The number of rotatable bonds is 2. The number of para-hydroxylation sites is 1. The van der Waals surface area contributed by atoms with Gasteiger partial charge in [-0.3, -0.25) is 0 Å². The van der Waals surface area contributed by atoms with Gasteiger partial charge in [-0.25, -0.2) is 0 Å². The van der Waals surface area contributed by atoms with Crippen molar-refractivity contribution in [1.29, 1.82) is 0 Å². The van der Waals surface area contributed by atoms with Crippen molar-refractivity contribution in [2.24, 2.45) is 0 Å². The molecular weight excluding hydrogens is 673 g/mol. The van der Waals surface area contributed by atoms with E-state index in [-0.39, 0.29) is 17.4 Å². The van der Waals surface area contributed by atoms with E-state index in [0.717, 1.165) is 12.9 Å². The third-order valence-corrected chi connectivity index (χ3v) is 5.03. The fourth-order valence-electron chi connectivity index (χ4n) is 4.04. The molecule has 0 spiro atoms. The van der Waals surface area contributed by atoms with Crippen molar-refractivity contribution in [3.8, 4) is 5.75 Å². The SMILES string of the molecule is CC.CC.CC1(C)Oc2ccccc2[C@H](c2ccccc2)[C@@H]1c1ccccc1.CO.[I][V][I]. The van der Waals surface area contributed by atoms with Gasteiger partial charge in [-0.15, -0.1) is 0 Å². The van der Waals surface area contributed by atoms with Crippen molar-refractivity contribution in [3.05, 3.63) is 102 Å². The van der Waals surface area contributed by atoms with Crippen molar-refractivity contribution in [2.75, 3.05) is 7.11 Å². The molecule has 0 unspecified atom stereocenters. The second-order valence-corrected chi connectivity index (χ2v) is 18.9. The molecule has 0 fully saturated rings. The predicted molar refractivity (Wildman–Crippen MR) is 157 cm³/mol. The monoisotopic (exact) mass is 711 g/mol. The number of aliphatic hydroxyl groups excluding tert-OH is 1. The fraction of sp³-hybridized carbons (Fsp3) is 0.357. The molecule has 0 saturated carbocycles. The second kappa shape index (κ2) is 18.7. The van der Waals surface area contributed by atoms with E-state index in [1.165, 1.54) is 16.7 Å². The van der Waals surface area contributed by atoms with Crippen LogP contribution < -0.4 is 4.74 Å². The Morgan fingerprint density at radius 3 is 1.58 bits per heavy atom. The van der Waals surface area contributed by atoms with Crippen molar-refractivity contribution >= 4 is 40.0 Å².